The summed E-state index contributed by atoms with van der Waals surface area (Å²) in [5.41, 5.74) is 0.895. The van der Waals surface area contributed by atoms with Crippen LogP contribution in [0.3, 0.4) is 0 Å². The van der Waals surface area contributed by atoms with Gasteiger partial charge in [-0.25, -0.2) is 4.98 Å². The molecule has 1 heterocycles. The van der Waals surface area contributed by atoms with Crippen molar-refractivity contribution < 1.29 is 5.32 Å². The molecule has 4 heteroatoms. The van der Waals surface area contributed by atoms with Crippen LogP contribution in [-0.2, 0) is 6.54 Å². The van der Waals surface area contributed by atoms with Gasteiger partial charge in [0.25, 0.3) is 5.56 Å². The Morgan fingerprint density at radius 2 is 1.85 bits per heavy atom. The van der Waals surface area contributed by atoms with Crippen LogP contribution in [0.2, 0.25) is 0 Å². The van der Waals surface area contributed by atoms with Crippen LogP contribution in [0.1, 0.15) is 44.3 Å². The largest absolute Gasteiger partial charge is 0.344 e. The van der Waals surface area contributed by atoms with Gasteiger partial charge in [0.05, 0.1) is 23.5 Å². The minimum absolute atomic E-state index is 0.0934. The zero-order chi connectivity index (χ0) is 17.9. The Balaban J connectivity index is 1.52. The highest BCUT2D eigenvalue weighted by Gasteiger charge is 2.15. The third kappa shape index (κ3) is 3.51. The Morgan fingerprint density at radius 1 is 1.12 bits per heavy atom. The first-order chi connectivity index (χ1) is 12.7. The first-order valence-electron chi connectivity index (χ1n) is 9.95. The molecular formula is C22H28N3O+. The molecule has 136 valence electrons. The number of quaternary nitrogens is 1. The number of rotatable bonds is 5. The van der Waals surface area contributed by atoms with E-state index >= 15 is 0 Å². The highest BCUT2D eigenvalue weighted by atomic mass is 16.1. The van der Waals surface area contributed by atoms with E-state index in [4.69, 9.17) is 4.98 Å². The Labute approximate surface area is 154 Å². The Hall–Kier alpha value is -2.20. The second kappa shape index (κ2) is 7.58. The summed E-state index contributed by atoms with van der Waals surface area (Å²) in [4.78, 5) is 17.7. The topological polar surface area (TPSA) is 51.5 Å². The molecule has 0 amide bonds. The van der Waals surface area contributed by atoms with Gasteiger partial charge in [0.15, 0.2) is 0 Å². The number of fused-ring (bicyclic) bond motifs is 2. The summed E-state index contributed by atoms with van der Waals surface area (Å²) in [5.74, 6) is 0.815. The Morgan fingerprint density at radius 3 is 2.62 bits per heavy atom. The molecule has 1 saturated carbocycles. The van der Waals surface area contributed by atoms with E-state index in [1.54, 1.807) is 0 Å². The van der Waals surface area contributed by atoms with Crippen LogP contribution in [0.25, 0.3) is 21.7 Å². The normalized spacial score (nSPS) is 15.7. The minimum Gasteiger partial charge on any atom is -0.344 e. The molecule has 4 rings (SSSR count). The van der Waals surface area contributed by atoms with Crippen molar-refractivity contribution in [1.29, 1.82) is 0 Å². The molecule has 26 heavy (non-hydrogen) atoms. The molecule has 4 nitrogen and oxygen atoms in total. The molecular weight excluding hydrogens is 322 g/mol. The van der Waals surface area contributed by atoms with Gasteiger partial charge in [-0.1, -0.05) is 30.7 Å². The third-order valence-corrected chi connectivity index (χ3v) is 5.75. The van der Waals surface area contributed by atoms with Crippen molar-refractivity contribution >= 4 is 21.7 Å². The monoisotopic (exact) mass is 350 g/mol. The third-order valence-electron chi connectivity index (χ3n) is 5.75. The molecule has 0 radical (unpaired) electrons. The number of benzene rings is 2. The SMILES string of the molecule is Cc1nc2cc3ccccc3cc2c(=O)n1CCC[NH2+]C1CCCCC1. The van der Waals surface area contributed by atoms with Crippen molar-refractivity contribution in [3.8, 4) is 0 Å². The number of hydrogen-bond acceptors (Lipinski definition) is 2. The summed E-state index contributed by atoms with van der Waals surface area (Å²) in [5, 5.41) is 5.44. The fourth-order valence-corrected chi connectivity index (χ4v) is 4.26. The second-order valence-electron chi connectivity index (χ2n) is 7.61. The van der Waals surface area contributed by atoms with Crippen LogP contribution >= 0.6 is 0 Å². The molecule has 0 unspecified atom stereocenters. The highest BCUT2D eigenvalue weighted by Crippen LogP contribution is 2.19. The lowest BCUT2D eigenvalue weighted by atomic mass is 9.95. The van der Waals surface area contributed by atoms with E-state index in [1.165, 1.54) is 32.1 Å². The van der Waals surface area contributed by atoms with E-state index in [1.807, 2.05) is 35.8 Å². The van der Waals surface area contributed by atoms with E-state index in [9.17, 15) is 4.79 Å². The van der Waals surface area contributed by atoms with Crippen LogP contribution in [0.4, 0.5) is 0 Å². The summed E-state index contributed by atoms with van der Waals surface area (Å²) in [6.07, 6.45) is 7.87. The molecule has 1 aliphatic rings. The fraction of sp³-hybridized carbons (Fsp3) is 0.455. The molecule has 1 fully saturated rings. The maximum Gasteiger partial charge on any atom is 0.261 e. The number of hydrogen-bond donors (Lipinski definition) is 1. The van der Waals surface area contributed by atoms with E-state index in [-0.39, 0.29) is 5.56 Å². The first kappa shape index (κ1) is 17.2. The summed E-state index contributed by atoms with van der Waals surface area (Å²) < 4.78 is 1.85. The number of aryl methyl sites for hydroxylation is 1. The standard InChI is InChI=1S/C22H27N3O/c1-16-24-21-15-18-9-6-5-8-17(18)14-20(21)22(26)25(16)13-7-12-23-19-10-3-2-4-11-19/h5-6,8-9,14-15,19,23H,2-4,7,10-13H2,1H3/p+1. The van der Waals surface area contributed by atoms with E-state index in [0.29, 0.717) is 0 Å². The second-order valence-corrected chi connectivity index (χ2v) is 7.61. The quantitative estimate of drug-likeness (QED) is 0.568. The number of nitrogens with zero attached hydrogens (tertiary/aromatic N) is 2. The van der Waals surface area contributed by atoms with Crippen molar-refractivity contribution in [3.63, 3.8) is 0 Å². The van der Waals surface area contributed by atoms with Crippen molar-refractivity contribution in [3.05, 3.63) is 52.6 Å². The van der Waals surface area contributed by atoms with Crippen molar-refractivity contribution in [1.82, 2.24) is 9.55 Å². The summed E-state index contributed by atoms with van der Waals surface area (Å²) in [6.45, 7) is 3.79. The average molecular weight is 350 g/mol. The van der Waals surface area contributed by atoms with Crippen molar-refractivity contribution in [2.45, 2.75) is 58.0 Å². The van der Waals surface area contributed by atoms with Crippen molar-refractivity contribution in [2.24, 2.45) is 0 Å². The lowest BCUT2D eigenvalue weighted by Gasteiger charge is -2.20. The zero-order valence-corrected chi connectivity index (χ0v) is 15.6. The molecule has 0 bridgehead atoms. The fourth-order valence-electron chi connectivity index (χ4n) is 4.26. The maximum atomic E-state index is 13.0. The molecule has 1 aliphatic carbocycles. The van der Waals surface area contributed by atoms with Gasteiger partial charge in [-0.2, -0.15) is 0 Å². The van der Waals surface area contributed by atoms with Gasteiger partial charge in [-0.05, 0) is 55.5 Å². The highest BCUT2D eigenvalue weighted by molar-refractivity contribution is 5.96. The maximum absolute atomic E-state index is 13.0. The molecule has 0 spiro atoms. The molecule has 0 atom stereocenters. The van der Waals surface area contributed by atoms with Crippen LogP contribution < -0.4 is 10.9 Å². The van der Waals surface area contributed by atoms with Gasteiger partial charge in [-0.15, -0.1) is 0 Å². The van der Waals surface area contributed by atoms with Crippen LogP contribution in [-0.4, -0.2) is 22.1 Å². The van der Waals surface area contributed by atoms with Gasteiger partial charge in [0.1, 0.15) is 5.82 Å². The average Bonchev–Trinajstić information content (AvgIpc) is 2.67. The molecule has 0 saturated heterocycles. The molecule has 3 aromatic rings. The predicted octanol–water partition coefficient (Wildman–Crippen LogP) is 3.14. The van der Waals surface area contributed by atoms with Crippen molar-refractivity contribution in [2.75, 3.05) is 6.54 Å². The van der Waals surface area contributed by atoms with Gasteiger partial charge >= 0.3 is 0 Å². The van der Waals surface area contributed by atoms with Crippen LogP contribution in [0.5, 0.6) is 0 Å². The van der Waals surface area contributed by atoms with Gasteiger partial charge < -0.3 is 5.32 Å². The Kier molecular flexibility index (Phi) is 5.02. The minimum atomic E-state index is 0.0934. The number of nitrogens with two attached hydrogens (primary N) is 1. The lowest BCUT2D eigenvalue weighted by Crippen LogP contribution is -2.90. The Bertz CT molecular complexity index is 970. The number of aromatic nitrogens is 2. The summed E-state index contributed by atoms with van der Waals surface area (Å²) >= 11 is 0. The zero-order valence-electron chi connectivity index (χ0n) is 15.6. The van der Waals surface area contributed by atoms with E-state index < -0.39 is 0 Å². The smallest absolute Gasteiger partial charge is 0.261 e. The molecule has 2 N–H and O–H groups in total. The molecule has 2 aromatic carbocycles. The van der Waals surface area contributed by atoms with Gasteiger partial charge in [0, 0.05) is 13.0 Å². The summed E-state index contributed by atoms with van der Waals surface area (Å²) in [7, 11) is 0. The predicted molar refractivity (Wildman–Crippen MR) is 107 cm³/mol. The lowest BCUT2D eigenvalue weighted by molar-refractivity contribution is -0.692. The van der Waals surface area contributed by atoms with Gasteiger partial charge in [0.2, 0.25) is 0 Å². The van der Waals surface area contributed by atoms with E-state index in [0.717, 1.165) is 53.1 Å². The molecule has 1 aromatic heterocycles. The first-order valence-corrected chi connectivity index (χ1v) is 9.95. The summed E-state index contributed by atoms with van der Waals surface area (Å²) in [6, 6.07) is 13.0. The van der Waals surface area contributed by atoms with Gasteiger partial charge in [-0.3, -0.25) is 9.36 Å². The van der Waals surface area contributed by atoms with Crippen LogP contribution in [0, 0.1) is 6.92 Å². The van der Waals surface area contributed by atoms with E-state index in [2.05, 4.69) is 17.4 Å². The van der Waals surface area contributed by atoms with Crippen LogP contribution in [0.15, 0.2) is 41.2 Å². The molecule has 0 aliphatic heterocycles.